The van der Waals surface area contributed by atoms with Gasteiger partial charge in [0.15, 0.2) is 16.7 Å². The number of nitrogens with one attached hydrogen (secondary N) is 2. The fraction of sp³-hybridized carbons (Fsp3) is 0.450. The van der Waals surface area contributed by atoms with Crippen LogP contribution in [0.2, 0.25) is 0 Å². The molecule has 3 aromatic rings. The summed E-state index contributed by atoms with van der Waals surface area (Å²) in [5.41, 5.74) is -0.0298. The molecule has 1 fully saturated rings. The van der Waals surface area contributed by atoms with Crippen LogP contribution in [0, 0.1) is 6.92 Å². The number of hydrogen-bond acceptors (Lipinski definition) is 8. The summed E-state index contributed by atoms with van der Waals surface area (Å²) < 4.78 is 10.3. The monoisotopic (exact) mass is 429 g/mol. The molecule has 158 valence electrons. The lowest BCUT2D eigenvalue weighted by atomic mass is 9.89. The van der Waals surface area contributed by atoms with E-state index < -0.39 is 5.54 Å². The zero-order valence-corrected chi connectivity index (χ0v) is 17.5. The van der Waals surface area contributed by atoms with Gasteiger partial charge in [0, 0.05) is 12.3 Å². The van der Waals surface area contributed by atoms with Crippen molar-refractivity contribution in [1.82, 2.24) is 20.4 Å². The number of thiazole rings is 1. The van der Waals surface area contributed by atoms with Crippen LogP contribution in [0.3, 0.4) is 0 Å². The van der Waals surface area contributed by atoms with E-state index in [0.29, 0.717) is 22.5 Å². The highest BCUT2D eigenvalue weighted by atomic mass is 32.1. The average Bonchev–Trinajstić information content (AvgIpc) is 3.44. The second-order valence-corrected chi connectivity index (χ2v) is 8.29. The predicted molar refractivity (Wildman–Crippen MR) is 109 cm³/mol. The van der Waals surface area contributed by atoms with Crippen molar-refractivity contribution in [2.45, 2.75) is 57.4 Å². The van der Waals surface area contributed by atoms with Gasteiger partial charge in [0.2, 0.25) is 11.8 Å². The molecule has 1 aliphatic rings. The van der Waals surface area contributed by atoms with Crippen molar-refractivity contribution in [3.8, 4) is 0 Å². The van der Waals surface area contributed by atoms with Crippen LogP contribution in [0.4, 0.5) is 5.13 Å². The van der Waals surface area contributed by atoms with Gasteiger partial charge in [-0.1, -0.05) is 30.8 Å². The third-order valence-corrected chi connectivity index (χ3v) is 5.96. The molecule has 0 radical (unpaired) electrons. The Morgan fingerprint density at radius 2 is 2.00 bits per heavy atom. The zero-order chi connectivity index (χ0) is 21.0. The topological polar surface area (TPSA) is 123 Å². The van der Waals surface area contributed by atoms with E-state index in [1.165, 1.54) is 17.6 Å². The summed E-state index contributed by atoms with van der Waals surface area (Å²) >= 11 is 1.26. The summed E-state index contributed by atoms with van der Waals surface area (Å²) in [6.45, 7) is 1.75. The van der Waals surface area contributed by atoms with Gasteiger partial charge in [0.25, 0.3) is 5.91 Å². The summed E-state index contributed by atoms with van der Waals surface area (Å²) in [6.07, 6.45) is 7.32. The molecule has 0 unspecified atom stereocenters. The van der Waals surface area contributed by atoms with Crippen LogP contribution >= 0.6 is 11.3 Å². The van der Waals surface area contributed by atoms with Crippen LogP contribution in [-0.2, 0) is 16.8 Å². The van der Waals surface area contributed by atoms with Crippen LogP contribution in [0.15, 0.2) is 32.7 Å². The Morgan fingerprint density at radius 1 is 1.20 bits per heavy atom. The molecule has 9 nitrogen and oxygen atoms in total. The third kappa shape index (κ3) is 4.59. The van der Waals surface area contributed by atoms with Crippen LogP contribution < -0.4 is 10.6 Å². The molecule has 0 aromatic carbocycles. The van der Waals surface area contributed by atoms with E-state index >= 15 is 0 Å². The van der Waals surface area contributed by atoms with Gasteiger partial charge in [0.1, 0.15) is 5.54 Å². The first-order valence-corrected chi connectivity index (χ1v) is 10.8. The normalized spacial score (nSPS) is 16.0. The Kier molecular flexibility index (Phi) is 5.93. The van der Waals surface area contributed by atoms with Gasteiger partial charge in [-0.2, -0.15) is 4.98 Å². The fourth-order valence-electron chi connectivity index (χ4n) is 3.72. The third-order valence-electron chi connectivity index (χ3n) is 5.15. The maximum atomic E-state index is 12.9. The molecule has 2 N–H and O–H groups in total. The Hall–Kier alpha value is -3.01. The molecule has 0 spiro atoms. The first kappa shape index (κ1) is 20.3. The maximum Gasteiger partial charge on any atom is 0.293 e. The van der Waals surface area contributed by atoms with Crippen LogP contribution in [0.25, 0.3) is 0 Å². The van der Waals surface area contributed by atoms with E-state index in [1.54, 1.807) is 24.4 Å². The second kappa shape index (κ2) is 8.78. The molecule has 3 heterocycles. The molecule has 3 aromatic heterocycles. The number of carbonyl (C=O) groups excluding carboxylic acids is 2. The van der Waals surface area contributed by atoms with E-state index in [-0.39, 0.29) is 24.0 Å². The zero-order valence-electron chi connectivity index (χ0n) is 16.6. The molecule has 0 aliphatic heterocycles. The van der Waals surface area contributed by atoms with Crippen molar-refractivity contribution >= 4 is 28.3 Å². The molecular formula is C20H23N5O4S. The van der Waals surface area contributed by atoms with Crippen molar-refractivity contribution in [3.63, 3.8) is 0 Å². The second-order valence-electron chi connectivity index (χ2n) is 7.43. The standard InChI is InChI=1S/C20H23N5O4S/c1-13-21-18(25-29-13)20(8-4-2-3-5-9-20)24-16(26)11-14-12-30-19(22-14)23-17(27)15-7-6-10-28-15/h6-7,10,12H,2-5,8-9,11H2,1H3,(H,24,26)(H,22,23,27). The van der Waals surface area contributed by atoms with Gasteiger partial charge >= 0.3 is 0 Å². The lowest BCUT2D eigenvalue weighted by molar-refractivity contribution is -0.122. The van der Waals surface area contributed by atoms with Crippen LogP contribution in [0.5, 0.6) is 0 Å². The predicted octanol–water partition coefficient (Wildman–Crippen LogP) is 3.59. The van der Waals surface area contributed by atoms with Gasteiger partial charge < -0.3 is 14.3 Å². The first-order valence-electron chi connectivity index (χ1n) is 9.95. The number of aromatic nitrogens is 3. The average molecular weight is 430 g/mol. The Morgan fingerprint density at radius 3 is 2.67 bits per heavy atom. The lowest BCUT2D eigenvalue weighted by Gasteiger charge is -2.30. The number of aryl methyl sites for hydroxylation is 1. The number of nitrogens with zero attached hydrogens (tertiary/aromatic N) is 3. The van der Waals surface area contributed by atoms with Gasteiger partial charge in [-0.25, -0.2) is 4.98 Å². The number of amides is 2. The summed E-state index contributed by atoms with van der Waals surface area (Å²) in [6, 6.07) is 3.21. The van der Waals surface area contributed by atoms with E-state index in [4.69, 9.17) is 8.94 Å². The number of rotatable bonds is 6. The number of carbonyl (C=O) groups is 2. The first-order chi connectivity index (χ1) is 14.5. The van der Waals surface area contributed by atoms with E-state index in [1.807, 2.05) is 0 Å². The molecule has 30 heavy (non-hydrogen) atoms. The Balaban J connectivity index is 1.42. The van der Waals surface area contributed by atoms with Gasteiger partial charge in [-0.05, 0) is 25.0 Å². The lowest BCUT2D eigenvalue weighted by Crippen LogP contribution is -2.47. The summed E-state index contributed by atoms with van der Waals surface area (Å²) in [4.78, 5) is 33.7. The molecule has 0 bridgehead atoms. The van der Waals surface area contributed by atoms with E-state index in [9.17, 15) is 9.59 Å². The van der Waals surface area contributed by atoms with Gasteiger partial charge in [0.05, 0.1) is 18.4 Å². The molecule has 4 rings (SSSR count). The maximum absolute atomic E-state index is 12.9. The smallest absolute Gasteiger partial charge is 0.293 e. The number of hydrogen-bond donors (Lipinski definition) is 2. The minimum atomic E-state index is -0.613. The molecule has 1 saturated carbocycles. The molecule has 2 amide bonds. The highest BCUT2D eigenvalue weighted by Gasteiger charge is 2.38. The minimum absolute atomic E-state index is 0.103. The summed E-state index contributed by atoms with van der Waals surface area (Å²) in [5.74, 6) is 0.693. The van der Waals surface area contributed by atoms with Crippen molar-refractivity contribution in [1.29, 1.82) is 0 Å². The molecule has 0 saturated heterocycles. The van der Waals surface area contributed by atoms with Crippen molar-refractivity contribution in [2.24, 2.45) is 0 Å². The minimum Gasteiger partial charge on any atom is -0.459 e. The molecule has 1 aliphatic carbocycles. The van der Waals surface area contributed by atoms with Crippen molar-refractivity contribution in [3.05, 3.63) is 46.9 Å². The Labute approximate surface area is 177 Å². The quantitative estimate of drug-likeness (QED) is 0.574. The number of anilines is 1. The summed E-state index contributed by atoms with van der Waals surface area (Å²) in [5, 5.41) is 12.1. The van der Waals surface area contributed by atoms with Crippen LogP contribution in [-0.4, -0.2) is 26.9 Å². The van der Waals surface area contributed by atoms with Gasteiger partial charge in [-0.15, -0.1) is 11.3 Å². The van der Waals surface area contributed by atoms with Crippen LogP contribution in [0.1, 0.15) is 66.5 Å². The van der Waals surface area contributed by atoms with Gasteiger partial charge in [-0.3, -0.25) is 14.9 Å². The number of furan rings is 1. The molecular weight excluding hydrogens is 406 g/mol. The fourth-order valence-corrected chi connectivity index (χ4v) is 4.42. The summed E-state index contributed by atoms with van der Waals surface area (Å²) in [7, 11) is 0. The van der Waals surface area contributed by atoms with E-state index in [0.717, 1.165) is 38.5 Å². The SMILES string of the molecule is Cc1nc(C2(NC(=O)Cc3csc(NC(=O)c4ccco4)n3)CCCCCC2)no1. The molecule has 0 atom stereocenters. The van der Waals surface area contributed by atoms with Crippen molar-refractivity contribution < 1.29 is 18.5 Å². The highest BCUT2D eigenvalue weighted by Crippen LogP contribution is 2.34. The highest BCUT2D eigenvalue weighted by molar-refractivity contribution is 7.14. The molecule has 10 heteroatoms. The van der Waals surface area contributed by atoms with Crippen molar-refractivity contribution in [2.75, 3.05) is 5.32 Å². The Bertz CT molecular complexity index is 1000. The largest absolute Gasteiger partial charge is 0.459 e. The van der Waals surface area contributed by atoms with E-state index in [2.05, 4.69) is 25.8 Å².